The summed E-state index contributed by atoms with van der Waals surface area (Å²) < 4.78 is 15.3. The summed E-state index contributed by atoms with van der Waals surface area (Å²) in [4.78, 5) is 57.7. The van der Waals surface area contributed by atoms with Gasteiger partial charge in [0.2, 0.25) is 11.8 Å². The third kappa shape index (κ3) is 7.31. The van der Waals surface area contributed by atoms with Gasteiger partial charge < -0.3 is 25.3 Å². The number of halogens is 1. The molecule has 0 radical (unpaired) electrons. The Bertz CT molecular complexity index is 1370. The fraction of sp³-hybridized carbons (Fsp3) is 0.730. The van der Waals surface area contributed by atoms with Gasteiger partial charge in [-0.3, -0.25) is 14.4 Å². The molecule has 7 rings (SSSR count). The largest absolute Gasteiger partial charge is 0.342 e. The lowest BCUT2D eigenvalue weighted by Gasteiger charge is -2.65. The van der Waals surface area contributed by atoms with Gasteiger partial charge in [-0.25, -0.2) is 9.18 Å². The number of nitrogens with one attached hydrogen (secondary N) is 2. The van der Waals surface area contributed by atoms with Crippen molar-refractivity contribution in [2.24, 2.45) is 28.6 Å². The molecule has 47 heavy (non-hydrogen) atoms. The molecular formula is C37H54FN5O4. The number of hydrogen-bond acceptors (Lipinski definition) is 4. The van der Waals surface area contributed by atoms with Crippen LogP contribution in [0.5, 0.6) is 0 Å². The van der Waals surface area contributed by atoms with Crippen LogP contribution < -0.4 is 10.6 Å². The van der Waals surface area contributed by atoms with Gasteiger partial charge in [-0.05, 0) is 105 Å². The van der Waals surface area contributed by atoms with Crippen molar-refractivity contribution < 1.29 is 23.6 Å². The van der Waals surface area contributed by atoms with Crippen LogP contribution in [0.25, 0.3) is 0 Å². The van der Waals surface area contributed by atoms with Crippen molar-refractivity contribution in [1.29, 1.82) is 0 Å². The minimum Gasteiger partial charge on any atom is -0.342 e. The topological polar surface area (TPSA) is 102 Å². The van der Waals surface area contributed by atoms with Crippen LogP contribution in [0.1, 0.15) is 109 Å². The zero-order chi connectivity index (χ0) is 33.6. The minimum atomic E-state index is -0.640. The maximum atomic E-state index is 15.3. The number of carbonyl (C=O) groups excluding carboxylic acids is 4. The smallest absolute Gasteiger partial charge is 0.319 e. The molecule has 1 aromatic carbocycles. The summed E-state index contributed by atoms with van der Waals surface area (Å²) in [6.45, 7) is 12.0. The fourth-order valence-corrected chi connectivity index (χ4v) is 10.5. The van der Waals surface area contributed by atoms with E-state index in [1.165, 1.54) is 31.4 Å². The number of likely N-dealkylation sites (tertiary alicyclic amines) is 1. The number of hydrogen-bond donors (Lipinski definition) is 2. The Morgan fingerprint density at radius 2 is 1.55 bits per heavy atom. The van der Waals surface area contributed by atoms with Crippen LogP contribution in [0, 0.1) is 34.4 Å². The summed E-state index contributed by atoms with van der Waals surface area (Å²) >= 11 is 0. The van der Waals surface area contributed by atoms with Crippen molar-refractivity contribution in [2.45, 2.75) is 104 Å². The molecule has 2 aliphatic heterocycles. The highest BCUT2D eigenvalue weighted by molar-refractivity contribution is 5.96. The molecule has 4 bridgehead atoms. The standard InChI is InChI=1S/C37H54FN5O4/c1-5-25(2)32(45)43-13-9-26(10-14-43)17-31(44)41-11-6-12-42(16-15-41)33(46)28-7-8-30(29(38)18-28)39-34(47)40-37-21-27-19-35(3,23-37)22-36(4,20-27)24-37/h7-8,18,25-27H,5-6,9-17,19-24H2,1-4H3,(H2,39,40,47)/t25?,27?,35-,36+,37?. The third-order valence-corrected chi connectivity index (χ3v) is 12.0. The first-order valence-electron chi connectivity index (χ1n) is 18.0. The van der Waals surface area contributed by atoms with Crippen LogP contribution in [0.15, 0.2) is 18.2 Å². The second-order valence-electron chi connectivity index (χ2n) is 16.5. The zero-order valence-electron chi connectivity index (χ0n) is 28.8. The first-order chi connectivity index (χ1) is 22.3. The second kappa shape index (κ2) is 13.0. The van der Waals surface area contributed by atoms with Crippen LogP contribution in [0.2, 0.25) is 0 Å². The molecule has 6 aliphatic rings. The first-order valence-corrected chi connectivity index (χ1v) is 18.0. The average molecular weight is 652 g/mol. The van der Waals surface area contributed by atoms with E-state index < -0.39 is 5.82 Å². The molecule has 5 amide bonds. The third-order valence-electron chi connectivity index (χ3n) is 12.0. The van der Waals surface area contributed by atoms with Crippen LogP contribution in [-0.4, -0.2) is 83.3 Å². The molecule has 1 aromatic rings. The summed E-state index contributed by atoms with van der Waals surface area (Å²) in [5.74, 6) is 0.327. The van der Waals surface area contributed by atoms with Crippen molar-refractivity contribution in [3.8, 4) is 0 Å². The van der Waals surface area contributed by atoms with E-state index in [1.807, 2.05) is 23.6 Å². The molecule has 2 N–H and O–H groups in total. The van der Waals surface area contributed by atoms with Gasteiger partial charge in [-0.15, -0.1) is 0 Å². The molecule has 3 unspecified atom stereocenters. The summed E-state index contributed by atoms with van der Waals surface area (Å²) in [6.07, 6.45) is 10.2. The number of urea groups is 1. The second-order valence-corrected chi connectivity index (χ2v) is 16.5. The highest BCUT2D eigenvalue weighted by atomic mass is 19.1. The maximum Gasteiger partial charge on any atom is 0.319 e. The lowest BCUT2D eigenvalue weighted by molar-refractivity contribution is -0.137. The monoisotopic (exact) mass is 651 g/mol. The van der Waals surface area contributed by atoms with Gasteiger partial charge in [-0.1, -0.05) is 27.7 Å². The number of nitrogens with zero attached hydrogens (tertiary/aromatic N) is 3. The molecule has 4 saturated carbocycles. The van der Waals surface area contributed by atoms with Crippen molar-refractivity contribution in [2.75, 3.05) is 44.6 Å². The molecule has 2 heterocycles. The van der Waals surface area contributed by atoms with E-state index in [0.29, 0.717) is 58.0 Å². The molecule has 0 spiro atoms. The molecular weight excluding hydrogens is 597 g/mol. The van der Waals surface area contributed by atoms with E-state index >= 15 is 4.39 Å². The van der Waals surface area contributed by atoms with Crippen molar-refractivity contribution >= 4 is 29.4 Å². The normalized spacial score (nSPS) is 31.3. The number of amides is 5. The predicted octanol–water partition coefficient (Wildman–Crippen LogP) is 6.05. The SMILES string of the molecule is CCC(C)C(=O)N1CCC(CC(=O)N2CCCN(C(=O)c3ccc(NC(=O)NC45CC6C[C@@](C)(C4)C[C@](C)(C6)C5)c(F)c3)CC2)CC1. The number of carbonyl (C=O) groups is 4. The zero-order valence-corrected chi connectivity index (χ0v) is 28.8. The van der Waals surface area contributed by atoms with E-state index in [4.69, 9.17) is 0 Å². The maximum absolute atomic E-state index is 15.3. The Hall–Kier alpha value is -3.17. The lowest BCUT2D eigenvalue weighted by atomic mass is 9.43. The van der Waals surface area contributed by atoms with Crippen LogP contribution in [-0.2, 0) is 9.59 Å². The average Bonchev–Trinajstić information content (AvgIpc) is 3.26. The fourth-order valence-electron chi connectivity index (χ4n) is 10.5. The molecule has 5 atom stereocenters. The molecule has 6 fully saturated rings. The van der Waals surface area contributed by atoms with Gasteiger partial charge in [-0.2, -0.15) is 0 Å². The molecule has 0 aromatic heterocycles. The minimum absolute atomic E-state index is 0.0391. The Kier molecular flexibility index (Phi) is 9.35. The molecule has 4 aliphatic carbocycles. The molecule has 9 nitrogen and oxygen atoms in total. The Labute approximate surface area is 279 Å². The van der Waals surface area contributed by atoms with E-state index in [2.05, 4.69) is 24.5 Å². The quantitative estimate of drug-likeness (QED) is 0.375. The van der Waals surface area contributed by atoms with Gasteiger partial charge in [0, 0.05) is 62.7 Å². The van der Waals surface area contributed by atoms with Gasteiger partial charge >= 0.3 is 6.03 Å². The van der Waals surface area contributed by atoms with Gasteiger partial charge in [0.1, 0.15) is 5.82 Å². The summed E-state index contributed by atoms with van der Waals surface area (Å²) in [6, 6.07) is 3.86. The van der Waals surface area contributed by atoms with E-state index in [9.17, 15) is 19.2 Å². The Morgan fingerprint density at radius 3 is 2.19 bits per heavy atom. The van der Waals surface area contributed by atoms with E-state index in [-0.39, 0.29) is 63.2 Å². The van der Waals surface area contributed by atoms with Crippen molar-refractivity contribution in [3.63, 3.8) is 0 Å². The van der Waals surface area contributed by atoms with Crippen LogP contribution >= 0.6 is 0 Å². The molecule has 10 heteroatoms. The van der Waals surface area contributed by atoms with Crippen LogP contribution in [0.3, 0.4) is 0 Å². The number of piperidine rings is 1. The molecule has 258 valence electrons. The first kappa shape index (κ1) is 33.7. The van der Waals surface area contributed by atoms with Crippen LogP contribution in [0.4, 0.5) is 14.9 Å². The summed E-state index contributed by atoms with van der Waals surface area (Å²) in [5.41, 5.74) is 0.545. The van der Waals surface area contributed by atoms with Gasteiger partial charge in [0.15, 0.2) is 0 Å². The lowest BCUT2D eigenvalue weighted by Crippen LogP contribution is -2.65. The highest BCUT2D eigenvalue weighted by Crippen LogP contribution is 2.66. The number of rotatable bonds is 7. The number of anilines is 1. The van der Waals surface area contributed by atoms with Crippen molar-refractivity contribution in [3.05, 3.63) is 29.6 Å². The Balaban J connectivity index is 0.984. The van der Waals surface area contributed by atoms with E-state index in [1.54, 1.807) is 11.0 Å². The van der Waals surface area contributed by atoms with Crippen molar-refractivity contribution in [1.82, 2.24) is 20.0 Å². The molecule has 2 saturated heterocycles. The summed E-state index contributed by atoms with van der Waals surface area (Å²) in [5, 5.41) is 5.98. The highest BCUT2D eigenvalue weighted by Gasteiger charge is 2.60. The summed E-state index contributed by atoms with van der Waals surface area (Å²) in [7, 11) is 0. The van der Waals surface area contributed by atoms with E-state index in [0.717, 1.165) is 38.5 Å². The Morgan fingerprint density at radius 1 is 0.894 bits per heavy atom. The van der Waals surface area contributed by atoms with Gasteiger partial charge in [0.25, 0.3) is 5.91 Å². The predicted molar refractivity (Wildman–Crippen MR) is 179 cm³/mol. The number of benzene rings is 1. The van der Waals surface area contributed by atoms with Gasteiger partial charge in [0.05, 0.1) is 5.69 Å².